The minimum atomic E-state index is 0.0661. The number of unbranched alkanes of at least 4 members (excludes halogenated alkanes) is 1. The van der Waals surface area contributed by atoms with Crippen LogP contribution in [-0.2, 0) is 0 Å². The molecule has 2 N–H and O–H groups in total. The molecule has 0 radical (unpaired) electrons. The van der Waals surface area contributed by atoms with E-state index in [0.717, 1.165) is 54.5 Å². The van der Waals surface area contributed by atoms with E-state index < -0.39 is 0 Å². The number of aromatic nitrogens is 1. The van der Waals surface area contributed by atoms with Gasteiger partial charge in [0, 0.05) is 17.6 Å². The molecule has 2 aromatic rings. The zero-order chi connectivity index (χ0) is 14.4. The Morgan fingerprint density at radius 1 is 1.20 bits per heavy atom. The number of fused-ring (bicyclic) bond motifs is 1. The molecule has 0 saturated carbocycles. The van der Waals surface area contributed by atoms with Crippen LogP contribution in [0.2, 0.25) is 0 Å². The maximum absolute atomic E-state index is 6.27. The molecule has 1 aromatic heterocycles. The van der Waals surface area contributed by atoms with Gasteiger partial charge in [0.25, 0.3) is 0 Å². The summed E-state index contributed by atoms with van der Waals surface area (Å²) in [6.07, 6.45) is 6.07. The van der Waals surface area contributed by atoms with Gasteiger partial charge in [-0.05, 0) is 30.5 Å². The number of benzene rings is 1. The highest BCUT2D eigenvalue weighted by atomic mass is 16.5. The quantitative estimate of drug-likeness (QED) is 0.768. The molecule has 0 spiro atoms. The minimum Gasteiger partial charge on any atom is -0.491 e. The van der Waals surface area contributed by atoms with Gasteiger partial charge in [-0.1, -0.05) is 38.8 Å². The number of hydrogen-bond acceptors (Lipinski definition) is 3. The highest BCUT2D eigenvalue weighted by molar-refractivity contribution is 5.87. The molecule has 0 aliphatic rings. The molecular weight excluding hydrogens is 248 g/mol. The predicted molar refractivity (Wildman–Crippen MR) is 84.0 cm³/mol. The summed E-state index contributed by atoms with van der Waals surface area (Å²) in [4.78, 5) is 4.48. The van der Waals surface area contributed by atoms with E-state index in [1.165, 1.54) is 0 Å². The van der Waals surface area contributed by atoms with Crippen molar-refractivity contribution in [3.63, 3.8) is 0 Å². The Bertz CT molecular complexity index is 554. The van der Waals surface area contributed by atoms with Crippen molar-refractivity contribution in [3.8, 4) is 5.75 Å². The highest BCUT2D eigenvalue weighted by Crippen LogP contribution is 2.30. The van der Waals surface area contributed by atoms with Crippen LogP contribution in [0.5, 0.6) is 5.75 Å². The van der Waals surface area contributed by atoms with Crippen molar-refractivity contribution in [3.05, 3.63) is 36.0 Å². The van der Waals surface area contributed by atoms with Gasteiger partial charge in [-0.2, -0.15) is 0 Å². The Labute approximate surface area is 121 Å². The van der Waals surface area contributed by atoms with Crippen LogP contribution in [0.4, 0.5) is 0 Å². The second kappa shape index (κ2) is 7.25. The fourth-order valence-corrected chi connectivity index (χ4v) is 2.40. The van der Waals surface area contributed by atoms with Gasteiger partial charge in [0.05, 0.1) is 6.61 Å². The van der Waals surface area contributed by atoms with Gasteiger partial charge >= 0.3 is 0 Å². The summed E-state index contributed by atoms with van der Waals surface area (Å²) in [6.45, 7) is 5.05. The van der Waals surface area contributed by atoms with Gasteiger partial charge in [0.15, 0.2) is 0 Å². The average Bonchev–Trinajstić information content (AvgIpc) is 2.48. The van der Waals surface area contributed by atoms with E-state index in [0.29, 0.717) is 0 Å². The maximum atomic E-state index is 6.27. The van der Waals surface area contributed by atoms with E-state index in [2.05, 4.69) is 31.0 Å². The Morgan fingerprint density at radius 2 is 2.05 bits per heavy atom. The van der Waals surface area contributed by atoms with Crippen LogP contribution in [0, 0.1) is 0 Å². The molecule has 0 amide bonds. The normalized spacial score (nSPS) is 12.6. The summed E-state index contributed by atoms with van der Waals surface area (Å²) in [5, 5.41) is 1.11. The van der Waals surface area contributed by atoms with Crippen molar-refractivity contribution in [1.82, 2.24) is 4.98 Å². The monoisotopic (exact) mass is 272 g/mol. The smallest absolute Gasteiger partial charge is 0.145 e. The SMILES string of the molecule is CCCCOc1ccc(C(N)CCC)c2cccnc12. The Kier molecular flexibility index (Phi) is 5.36. The molecule has 0 fully saturated rings. The highest BCUT2D eigenvalue weighted by Gasteiger charge is 2.12. The Hall–Kier alpha value is -1.61. The van der Waals surface area contributed by atoms with E-state index in [-0.39, 0.29) is 6.04 Å². The number of pyridine rings is 1. The standard InChI is InChI=1S/C17H24N2O/c1-3-5-12-20-16-10-9-13(15(18)7-4-2)14-8-6-11-19-17(14)16/h6,8-11,15H,3-5,7,12,18H2,1-2H3. The van der Waals surface area contributed by atoms with Gasteiger partial charge in [-0.3, -0.25) is 4.98 Å². The number of hydrogen-bond donors (Lipinski definition) is 1. The molecule has 0 saturated heterocycles. The summed E-state index contributed by atoms with van der Waals surface area (Å²) in [7, 11) is 0. The van der Waals surface area contributed by atoms with Gasteiger partial charge in [0.2, 0.25) is 0 Å². The van der Waals surface area contributed by atoms with E-state index in [1.54, 1.807) is 0 Å². The third-order valence-electron chi connectivity index (χ3n) is 3.52. The van der Waals surface area contributed by atoms with Crippen molar-refractivity contribution < 1.29 is 4.74 Å². The first-order valence-corrected chi connectivity index (χ1v) is 7.54. The van der Waals surface area contributed by atoms with Crippen molar-refractivity contribution >= 4 is 10.9 Å². The minimum absolute atomic E-state index is 0.0661. The molecule has 3 nitrogen and oxygen atoms in total. The summed E-state index contributed by atoms with van der Waals surface area (Å²) >= 11 is 0. The molecular formula is C17H24N2O. The second-order valence-corrected chi connectivity index (χ2v) is 5.15. The number of ether oxygens (including phenoxy) is 1. The first-order valence-electron chi connectivity index (χ1n) is 7.54. The van der Waals surface area contributed by atoms with Crippen LogP contribution in [0.15, 0.2) is 30.5 Å². The first-order chi connectivity index (χ1) is 9.77. The molecule has 20 heavy (non-hydrogen) atoms. The zero-order valence-corrected chi connectivity index (χ0v) is 12.4. The molecule has 0 aliphatic heterocycles. The fraction of sp³-hybridized carbons (Fsp3) is 0.471. The molecule has 1 heterocycles. The van der Waals surface area contributed by atoms with Crippen LogP contribution < -0.4 is 10.5 Å². The van der Waals surface area contributed by atoms with E-state index in [1.807, 2.05) is 18.3 Å². The Balaban J connectivity index is 2.36. The number of nitrogens with two attached hydrogens (primary N) is 1. The van der Waals surface area contributed by atoms with Crippen molar-refractivity contribution in [2.45, 2.75) is 45.6 Å². The van der Waals surface area contributed by atoms with E-state index in [4.69, 9.17) is 10.5 Å². The second-order valence-electron chi connectivity index (χ2n) is 5.15. The molecule has 1 atom stereocenters. The fourth-order valence-electron chi connectivity index (χ4n) is 2.40. The lowest BCUT2D eigenvalue weighted by molar-refractivity contribution is 0.312. The topological polar surface area (TPSA) is 48.1 Å². The van der Waals surface area contributed by atoms with E-state index in [9.17, 15) is 0 Å². The zero-order valence-electron chi connectivity index (χ0n) is 12.4. The molecule has 0 aliphatic carbocycles. The molecule has 2 rings (SSSR count). The lowest BCUT2D eigenvalue weighted by Gasteiger charge is -2.16. The molecule has 108 valence electrons. The Morgan fingerprint density at radius 3 is 2.80 bits per heavy atom. The lowest BCUT2D eigenvalue weighted by atomic mass is 9.98. The number of rotatable bonds is 7. The molecule has 1 unspecified atom stereocenters. The van der Waals surface area contributed by atoms with Crippen LogP contribution in [0.1, 0.15) is 51.1 Å². The molecule has 3 heteroatoms. The summed E-state index contributed by atoms with van der Waals surface area (Å²) in [6, 6.07) is 8.21. The molecule has 0 bridgehead atoms. The van der Waals surface area contributed by atoms with Gasteiger partial charge < -0.3 is 10.5 Å². The van der Waals surface area contributed by atoms with Crippen molar-refractivity contribution in [2.75, 3.05) is 6.61 Å². The van der Waals surface area contributed by atoms with Crippen LogP contribution in [0.25, 0.3) is 10.9 Å². The molecule has 1 aromatic carbocycles. The predicted octanol–water partition coefficient (Wildman–Crippen LogP) is 4.21. The van der Waals surface area contributed by atoms with Crippen LogP contribution in [-0.4, -0.2) is 11.6 Å². The van der Waals surface area contributed by atoms with Crippen molar-refractivity contribution in [1.29, 1.82) is 0 Å². The summed E-state index contributed by atoms with van der Waals surface area (Å²) in [5.74, 6) is 0.862. The van der Waals surface area contributed by atoms with Gasteiger partial charge in [-0.15, -0.1) is 0 Å². The number of nitrogens with zero attached hydrogens (tertiary/aromatic N) is 1. The van der Waals surface area contributed by atoms with Crippen LogP contribution >= 0.6 is 0 Å². The third kappa shape index (κ3) is 3.28. The largest absolute Gasteiger partial charge is 0.491 e. The summed E-state index contributed by atoms with van der Waals surface area (Å²) < 4.78 is 5.85. The van der Waals surface area contributed by atoms with Crippen molar-refractivity contribution in [2.24, 2.45) is 5.73 Å². The lowest BCUT2D eigenvalue weighted by Crippen LogP contribution is -2.10. The summed E-state index contributed by atoms with van der Waals surface area (Å²) in [5.41, 5.74) is 8.36. The maximum Gasteiger partial charge on any atom is 0.145 e. The van der Waals surface area contributed by atoms with Gasteiger partial charge in [-0.25, -0.2) is 0 Å². The van der Waals surface area contributed by atoms with E-state index >= 15 is 0 Å². The van der Waals surface area contributed by atoms with Crippen LogP contribution in [0.3, 0.4) is 0 Å². The van der Waals surface area contributed by atoms with Gasteiger partial charge in [0.1, 0.15) is 11.3 Å². The third-order valence-corrected chi connectivity index (χ3v) is 3.52. The average molecular weight is 272 g/mol. The first kappa shape index (κ1) is 14.8.